The number of halogens is 1. The molecule has 1 aromatic heterocycles. The molecule has 1 atom stereocenters. The summed E-state index contributed by atoms with van der Waals surface area (Å²) in [6.07, 6.45) is 0.419. The summed E-state index contributed by atoms with van der Waals surface area (Å²) in [5, 5.41) is 12.1. The first-order valence-electron chi connectivity index (χ1n) is 11.8. The van der Waals surface area contributed by atoms with Gasteiger partial charge in [0.05, 0.1) is 13.1 Å². The van der Waals surface area contributed by atoms with Crippen molar-refractivity contribution in [3.8, 4) is 0 Å². The lowest BCUT2D eigenvalue weighted by molar-refractivity contribution is -0.133. The van der Waals surface area contributed by atoms with Crippen LogP contribution in [0.5, 0.6) is 0 Å². The van der Waals surface area contributed by atoms with Crippen LogP contribution in [0.4, 0.5) is 4.39 Å². The number of thioether (sulfide) groups is 1. The Balaban J connectivity index is 1.35. The van der Waals surface area contributed by atoms with Crippen LogP contribution < -0.4 is 5.32 Å². The number of carbonyl (C=O) groups excluding carboxylic acids is 2. The van der Waals surface area contributed by atoms with Gasteiger partial charge in [0.1, 0.15) is 5.82 Å². The van der Waals surface area contributed by atoms with Gasteiger partial charge < -0.3 is 14.8 Å². The number of nitrogens with zero attached hydrogens (tertiary/aromatic N) is 4. The molecule has 1 aliphatic heterocycles. The van der Waals surface area contributed by atoms with Crippen molar-refractivity contribution in [2.75, 3.05) is 13.1 Å². The maximum absolute atomic E-state index is 14.0. The molecule has 1 unspecified atom stereocenters. The van der Waals surface area contributed by atoms with Gasteiger partial charge in [-0.1, -0.05) is 74.1 Å². The Labute approximate surface area is 209 Å². The van der Waals surface area contributed by atoms with Crippen LogP contribution in [0.2, 0.25) is 0 Å². The first-order chi connectivity index (χ1) is 16.9. The lowest BCUT2D eigenvalue weighted by atomic mass is 9.99. The molecular formula is C26H30FN5O2S. The number of nitrogens with one attached hydrogen (secondary N) is 1. The molecule has 4 rings (SSSR count). The highest BCUT2D eigenvalue weighted by molar-refractivity contribution is 7.98. The molecule has 1 fully saturated rings. The van der Waals surface area contributed by atoms with Crippen molar-refractivity contribution >= 4 is 23.6 Å². The molecule has 2 heterocycles. The van der Waals surface area contributed by atoms with Gasteiger partial charge in [0.25, 0.3) is 0 Å². The fourth-order valence-corrected chi connectivity index (χ4v) is 5.10. The van der Waals surface area contributed by atoms with Gasteiger partial charge in [-0.05, 0) is 23.1 Å². The van der Waals surface area contributed by atoms with E-state index in [-0.39, 0.29) is 36.6 Å². The van der Waals surface area contributed by atoms with Crippen molar-refractivity contribution in [3.05, 3.63) is 77.4 Å². The molecule has 1 N–H and O–H groups in total. The zero-order valence-electron chi connectivity index (χ0n) is 20.0. The SMILES string of the molecule is CC(C)Cn1c(CNC(=O)CN2CC(c3ccccc3)CC2=O)nnc1SCc1ccccc1F. The highest BCUT2D eigenvalue weighted by atomic mass is 32.2. The monoisotopic (exact) mass is 495 g/mol. The Bertz CT molecular complexity index is 1170. The standard InChI is InChI=1S/C26H30FN5O2S/c1-18(2)14-32-23(29-30-26(32)35-17-20-10-6-7-11-22(20)27)13-28-24(33)16-31-15-21(12-25(31)34)19-8-4-3-5-9-19/h3-11,18,21H,12-17H2,1-2H3,(H,28,33). The molecule has 7 nitrogen and oxygen atoms in total. The molecule has 0 saturated carbocycles. The van der Waals surface area contributed by atoms with E-state index in [0.29, 0.717) is 47.7 Å². The molecule has 0 radical (unpaired) electrons. The van der Waals surface area contributed by atoms with E-state index in [1.165, 1.54) is 17.8 Å². The van der Waals surface area contributed by atoms with Gasteiger partial charge in [-0.15, -0.1) is 10.2 Å². The fraction of sp³-hybridized carbons (Fsp3) is 0.385. The van der Waals surface area contributed by atoms with Crippen LogP contribution >= 0.6 is 11.8 Å². The molecule has 1 saturated heterocycles. The normalized spacial score (nSPS) is 15.7. The van der Waals surface area contributed by atoms with Gasteiger partial charge in [-0.3, -0.25) is 9.59 Å². The van der Waals surface area contributed by atoms with E-state index in [1.807, 2.05) is 41.0 Å². The first-order valence-corrected chi connectivity index (χ1v) is 12.8. The van der Waals surface area contributed by atoms with Crippen LogP contribution in [0, 0.1) is 11.7 Å². The Morgan fingerprint density at radius 1 is 1.14 bits per heavy atom. The van der Waals surface area contributed by atoms with Gasteiger partial charge in [0.2, 0.25) is 11.8 Å². The minimum absolute atomic E-state index is 0.0104. The van der Waals surface area contributed by atoms with E-state index >= 15 is 0 Å². The van der Waals surface area contributed by atoms with Crippen molar-refractivity contribution in [2.24, 2.45) is 5.92 Å². The highest BCUT2D eigenvalue weighted by Gasteiger charge is 2.31. The summed E-state index contributed by atoms with van der Waals surface area (Å²) < 4.78 is 16.0. The third kappa shape index (κ3) is 6.48. The second-order valence-corrected chi connectivity index (χ2v) is 10.1. The Kier molecular flexibility index (Phi) is 8.17. The molecular weight excluding hydrogens is 465 g/mol. The lowest BCUT2D eigenvalue weighted by Gasteiger charge is -2.17. The summed E-state index contributed by atoms with van der Waals surface area (Å²) in [5.41, 5.74) is 1.72. The summed E-state index contributed by atoms with van der Waals surface area (Å²) in [6.45, 7) is 5.64. The second kappa shape index (κ2) is 11.5. The number of hydrogen-bond donors (Lipinski definition) is 1. The lowest BCUT2D eigenvalue weighted by Crippen LogP contribution is -2.38. The van der Waals surface area contributed by atoms with Crippen molar-refractivity contribution in [3.63, 3.8) is 0 Å². The predicted molar refractivity (Wildman–Crippen MR) is 133 cm³/mol. The van der Waals surface area contributed by atoms with Gasteiger partial charge in [0.15, 0.2) is 11.0 Å². The topological polar surface area (TPSA) is 80.1 Å². The van der Waals surface area contributed by atoms with Crippen molar-refractivity contribution < 1.29 is 14.0 Å². The number of likely N-dealkylation sites (tertiary alicyclic amines) is 1. The van der Waals surface area contributed by atoms with Gasteiger partial charge in [-0.25, -0.2) is 4.39 Å². The van der Waals surface area contributed by atoms with E-state index in [0.717, 1.165) is 5.56 Å². The second-order valence-electron chi connectivity index (χ2n) is 9.15. The fourth-order valence-electron chi connectivity index (χ4n) is 4.14. The Hall–Kier alpha value is -3.20. The zero-order valence-corrected chi connectivity index (χ0v) is 20.8. The first kappa shape index (κ1) is 24.9. The summed E-state index contributed by atoms with van der Waals surface area (Å²) in [4.78, 5) is 26.7. The molecule has 184 valence electrons. The van der Waals surface area contributed by atoms with Crippen molar-refractivity contribution in [2.45, 2.75) is 50.2 Å². The van der Waals surface area contributed by atoms with E-state index in [9.17, 15) is 14.0 Å². The minimum Gasteiger partial charge on any atom is -0.347 e. The molecule has 2 aromatic carbocycles. The third-order valence-electron chi connectivity index (χ3n) is 5.92. The van der Waals surface area contributed by atoms with Crippen LogP contribution in [0.25, 0.3) is 0 Å². The number of hydrogen-bond acceptors (Lipinski definition) is 5. The van der Waals surface area contributed by atoms with Crippen LogP contribution in [0.15, 0.2) is 59.8 Å². The van der Waals surface area contributed by atoms with Crippen LogP contribution in [0.1, 0.15) is 43.1 Å². The van der Waals surface area contributed by atoms with E-state index < -0.39 is 0 Å². The molecule has 3 aromatic rings. The van der Waals surface area contributed by atoms with Gasteiger partial charge in [0, 0.05) is 31.2 Å². The van der Waals surface area contributed by atoms with Gasteiger partial charge >= 0.3 is 0 Å². The Morgan fingerprint density at radius 3 is 2.63 bits per heavy atom. The number of carbonyl (C=O) groups is 2. The highest BCUT2D eigenvalue weighted by Crippen LogP contribution is 2.28. The predicted octanol–water partition coefficient (Wildman–Crippen LogP) is 4.00. The number of amides is 2. The van der Waals surface area contributed by atoms with Crippen LogP contribution in [-0.4, -0.2) is 44.6 Å². The molecule has 9 heteroatoms. The van der Waals surface area contributed by atoms with Crippen molar-refractivity contribution in [1.29, 1.82) is 0 Å². The minimum atomic E-state index is -0.242. The zero-order chi connectivity index (χ0) is 24.8. The maximum Gasteiger partial charge on any atom is 0.240 e. The summed E-state index contributed by atoms with van der Waals surface area (Å²) in [6, 6.07) is 16.6. The largest absolute Gasteiger partial charge is 0.347 e. The third-order valence-corrected chi connectivity index (χ3v) is 6.93. The average molecular weight is 496 g/mol. The average Bonchev–Trinajstić information content (AvgIpc) is 3.40. The summed E-state index contributed by atoms with van der Waals surface area (Å²) in [7, 11) is 0. The quantitative estimate of drug-likeness (QED) is 0.430. The van der Waals surface area contributed by atoms with Crippen molar-refractivity contribution in [1.82, 2.24) is 25.0 Å². The van der Waals surface area contributed by atoms with E-state index in [1.54, 1.807) is 17.0 Å². The smallest absolute Gasteiger partial charge is 0.240 e. The van der Waals surface area contributed by atoms with E-state index in [2.05, 4.69) is 29.4 Å². The number of aromatic nitrogens is 3. The van der Waals surface area contributed by atoms with Gasteiger partial charge in [-0.2, -0.15) is 0 Å². The summed E-state index contributed by atoms with van der Waals surface area (Å²) >= 11 is 1.42. The van der Waals surface area contributed by atoms with Crippen LogP contribution in [0.3, 0.4) is 0 Å². The number of benzene rings is 2. The molecule has 1 aliphatic rings. The van der Waals surface area contributed by atoms with Crippen LogP contribution in [-0.2, 0) is 28.4 Å². The summed E-state index contributed by atoms with van der Waals surface area (Å²) in [5.74, 6) is 1.04. The molecule has 35 heavy (non-hydrogen) atoms. The molecule has 0 aliphatic carbocycles. The maximum atomic E-state index is 14.0. The molecule has 0 bridgehead atoms. The molecule has 0 spiro atoms. The molecule has 2 amide bonds. The number of rotatable bonds is 10. The Morgan fingerprint density at radius 2 is 1.89 bits per heavy atom. The van der Waals surface area contributed by atoms with E-state index in [4.69, 9.17) is 0 Å².